The fraction of sp³-hybridized carbons (Fsp3) is 0.350. The predicted molar refractivity (Wildman–Crippen MR) is 121 cm³/mol. The molecule has 5 nitrogen and oxygen atoms in total. The molecule has 0 saturated carbocycles. The van der Waals surface area contributed by atoms with Gasteiger partial charge in [-0.1, -0.05) is 41.9 Å². The Morgan fingerprint density at radius 2 is 2.10 bits per heavy atom. The minimum atomic E-state index is -0.144. The maximum atomic E-state index is 13.0. The fourth-order valence-corrected chi connectivity index (χ4v) is 5.25. The van der Waals surface area contributed by atoms with Crippen LogP contribution in [0.5, 0.6) is 0 Å². The van der Waals surface area contributed by atoms with Gasteiger partial charge in [0.2, 0.25) is 0 Å². The van der Waals surface area contributed by atoms with E-state index in [1.54, 1.807) is 29.9 Å². The molecule has 0 amide bonds. The first-order valence-electron chi connectivity index (χ1n) is 9.07. The van der Waals surface area contributed by atoms with Crippen molar-refractivity contribution in [2.45, 2.75) is 31.5 Å². The normalized spacial score (nSPS) is 11.3. The maximum absolute atomic E-state index is 13.0. The van der Waals surface area contributed by atoms with Gasteiger partial charge in [-0.25, -0.2) is 4.98 Å². The molecule has 0 aliphatic carbocycles. The summed E-state index contributed by atoms with van der Waals surface area (Å²) in [6.07, 6.45) is 1.53. The van der Waals surface area contributed by atoms with Crippen LogP contribution in [0.3, 0.4) is 0 Å². The third kappa shape index (κ3) is 5.22. The molecule has 1 aromatic carbocycles. The number of ketones is 1. The SMILES string of the molecule is CCc1cc2c(=O)n(CCCOC)c(SCC(=O)c3ccc(Cl)cc3Cl)nc2s1. The number of fused-ring (bicyclic) bond motifs is 1. The summed E-state index contributed by atoms with van der Waals surface area (Å²) in [5.41, 5.74) is 0.323. The van der Waals surface area contributed by atoms with Crippen LogP contribution in [0.2, 0.25) is 10.0 Å². The largest absolute Gasteiger partial charge is 0.385 e. The van der Waals surface area contributed by atoms with Crippen LogP contribution in [-0.2, 0) is 17.7 Å². The molecule has 0 saturated heterocycles. The molecule has 9 heteroatoms. The summed E-state index contributed by atoms with van der Waals surface area (Å²) in [4.78, 5) is 32.2. The van der Waals surface area contributed by atoms with E-state index < -0.39 is 0 Å². The van der Waals surface area contributed by atoms with E-state index in [0.29, 0.717) is 50.6 Å². The van der Waals surface area contributed by atoms with E-state index in [0.717, 1.165) is 11.3 Å². The van der Waals surface area contributed by atoms with Crippen LogP contribution in [0.1, 0.15) is 28.6 Å². The molecular weight excluding hydrogens is 451 g/mol. The summed E-state index contributed by atoms with van der Waals surface area (Å²) in [5.74, 6) is -0.0230. The van der Waals surface area contributed by atoms with Gasteiger partial charge in [0.05, 0.1) is 16.2 Å². The lowest BCUT2D eigenvalue weighted by Crippen LogP contribution is -2.24. The molecule has 0 N–H and O–H groups in total. The number of Topliss-reactive ketones (excluding diaryl/α,β-unsaturated/α-hetero) is 1. The van der Waals surface area contributed by atoms with Crippen molar-refractivity contribution in [1.29, 1.82) is 0 Å². The summed E-state index contributed by atoms with van der Waals surface area (Å²) >= 11 is 14.8. The Balaban J connectivity index is 1.90. The Labute approximate surface area is 187 Å². The van der Waals surface area contributed by atoms with Crippen molar-refractivity contribution in [1.82, 2.24) is 9.55 Å². The summed E-state index contributed by atoms with van der Waals surface area (Å²) < 4.78 is 6.74. The van der Waals surface area contributed by atoms with E-state index in [-0.39, 0.29) is 17.1 Å². The topological polar surface area (TPSA) is 61.2 Å². The molecule has 0 atom stereocenters. The maximum Gasteiger partial charge on any atom is 0.262 e. The number of thiophene rings is 1. The minimum Gasteiger partial charge on any atom is -0.385 e. The van der Waals surface area contributed by atoms with Gasteiger partial charge in [0.1, 0.15) is 4.83 Å². The Morgan fingerprint density at radius 1 is 1.31 bits per heavy atom. The zero-order chi connectivity index (χ0) is 21.0. The first kappa shape index (κ1) is 22.3. The Hall–Kier alpha value is -1.38. The second-order valence-corrected chi connectivity index (χ2v) is 9.22. The molecule has 0 aliphatic heterocycles. The van der Waals surface area contributed by atoms with Gasteiger partial charge in [-0.15, -0.1) is 11.3 Å². The van der Waals surface area contributed by atoms with Crippen molar-refractivity contribution in [2.75, 3.05) is 19.5 Å². The van der Waals surface area contributed by atoms with Gasteiger partial charge in [-0.2, -0.15) is 0 Å². The number of rotatable bonds is 9. The number of hydrogen-bond acceptors (Lipinski definition) is 6. The Morgan fingerprint density at radius 3 is 2.79 bits per heavy atom. The standard InChI is InChI=1S/C20H20Cl2N2O3S2/c1-3-13-10-15-18(29-13)23-20(24(19(15)26)7-4-8-27-2)28-11-17(25)14-6-5-12(21)9-16(14)22/h5-6,9-10H,3-4,7-8,11H2,1-2H3. The number of halogens is 2. The molecule has 2 aromatic heterocycles. The van der Waals surface area contributed by atoms with Crippen molar-refractivity contribution in [3.63, 3.8) is 0 Å². The second-order valence-electron chi connectivity index (χ2n) is 6.32. The molecule has 154 valence electrons. The van der Waals surface area contributed by atoms with Crippen molar-refractivity contribution in [3.05, 3.63) is 55.1 Å². The van der Waals surface area contributed by atoms with Crippen molar-refractivity contribution < 1.29 is 9.53 Å². The minimum absolute atomic E-state index is 0.0819. The number of benzene rings is 1. The number of nitrogens with zero attached hydrogens (tertiary/aromatic N) is 2. The first-order valence-corrected chi connectivity index (χ1v) is 11.6. The highest BCUT2D eigenvalue weighted by Crippen LogP contribution is 2.27. The third-order valence-electron chi connectivity index (χ3n) is 4.31. The average Bonchev–Trinajstić information content (AvgIpc) is 3.11. The van der Waals surface area contributed by atoms with Crippen molar-refractivity contribution in [2.24, 2.45) is 0 Å². The Kier molecular flexibility index (Phi) is 7.76. The summed E-state index contributed by atoms with van der Waals surface area (Å²) in [6, 6.07) is 6.70. The number of carbonyl (C=O) groups excluding carboxylic acids is 1. The summed E-state index contributed by atoms with van der Waals surface area (Å²) in [7, 11) is 1.63. The zero-order valence-corrected chi connectivity index (χ0v) is 19.2. The van der Waals surface area contributed by atoms with E-state index in [4.69, 9.17) is 27.9 Å². The molecule has 0 radical (unpaired) electrons. The van der Waals surface area contributed by atoms with Crippen LogP contribution in [0.25, 0.3) is 10.2 Å². The average molecular weight is 471 g/mol. The highest BCUT2D eigenvalue weighted by atomic mass is 35.5. The molecule has 3 rings (SSSR count). The highest BCUT2D eigenvalue weighted by molar-refractivity contribution is 7.99. The van der Waals surface area contributed by atoms with E-state index in [2.05, 4.69) is 4.98 Å². The summed E-state index contributed by atoms with van der Waals surface area (Å²) in [6.45, 7) is 3.06. The van der Waals surface area contributed by atoms with Crippen molar-refractivity contribution >= 4 is 62.3 Å². The predicted octanol–water partition coefficient (Wildman–Crippen LogP) is 5.34. The molecule has 29 heavy (non-hydrogen) atoms. The number of aromatic nitrogens is 2. The molecule has 0 spiro atoms. The lowest BCUT2D eigenvalue weighted by atomic mass is 10.1. The lowest BCUT2D eigenvalue weighted by molar-refractivity contribution is 0.102. The number of carbonyl (C=O) groups is 1. The smallest absolute Gasteiger partial charge is 0.262 e. The van der Waals surface area contributed by atoms with E-state index >= 15 is 0 Å². The third-order valence-corrected chi connectivity index (χ3v) is 7.01. The lowest BCUT2D eigenvalue weighted by Gasteiger charge is -2.11. The van der Waals surface area contributed by atoms with Crippen LogP contribution in [0, 0.1) is 0 Å². The van der Waals surface area contributed by atoms with Gasteiger partial charge in [0.15, 0.2) is 10.9 Å². The first-order chi connectivity index (χ1) is 13.9. The number of ether oxygens (including phenoxy) is 1. The molecule has 2 heterocycles. The second kappa shape index (κ2) is 10.1. The van der Waals surface area contributed by atoms with Gasteiger partial charge in [-0.05, 0) is 37.1 Å². The van der Waals surface area contributed by atoms with Gasteiger partial charge in [-0.3, -0.25) is 14.2 Å². The molecular formula is C20H20Cl2N2O3S2. The summed E-state index contributed by atoms with van der Waals surface area (Å²) in [5, 5.41) is 1.94. The van der Waals surface area contributed by atoms with E-state index in [1.165, 1.54) is 23.1 Å². The highest BCUT2D eigenvalue weighted by Gasteiger charge is 2.17. The number of aryl methyl sites for hydroxylation is 1. The molecule has 0 unspecified atom stereocenters. The van der Waals surface area contributed by atoms with Crippen LogP contribution < -0.4 is 5.56 Å². The molecule has 3 aromatic rings. The number of methoxy groups -OCH3 is 1. The molecule has 0 aliphatic rings. The van der Waals surface area contributed by atoms with Crippen molar-refractivity contribution in [3.8, 4) is 0 Å². The van der Waals surface area contributed by atoms with Gasteiger partial charge >= 0.3 is 0 Å². The fourth-order valence-electron chi connectivity index (χ4n) is 2.82. The Bertz CT molecular complexity index is 1100. The molecule has 0 fully saturated rings. The van der Waals surface area contributed by atoms with Crippen LogP contribution in [0.15, 0.2) is 34.2 Å². The van der Waals surface area contributed by atoms with Crippen LogP contribution in [0.4, 0.5) is 0 Å². The zero-order valence-electron chi connectivity index (χ0n) is 16.0. The van der Waals surface area contributed by atoms with Crippen LogP contribution in [-0.4, -0.2) is 34.8 Å². The van der Waals surface area contributed by atoms with Crippen LogP contribution >= 0.6 is 46.3 Å². The number of thioether (sulfide) groups is 1. The van der Waals surface area contributed by atoms with Gasteiger partial charge in [0, 0.05) is 35.7 Å². The van der Waals surface area contributed by atoms with E-state index in [9.17, 15) is 9.59 Å². The van der Waals surface area contributed by atoms with Gasteiger partial charge in [0.25, 0.3) is 5.56 Å². The molecule has 0 bridgehead atoms. The quantitative estimate of drug-likeness (QED) is 0.183. The monoisotopic (exact) mass is 470 g/mol. The van der Waals surface area contributed by atoms with Gasteiger partial charge < -0.3 is 4.74 Å². The van der Waals surface area contributed by atoms with E-state index in [1.807, 2.05) is 13.0 Å². The number of hydrogen-bond donors (Lipinski definition) is 0.